The van der Waals surface area contributed by atoms with Crippen LogP contribution in [0.25, 0.3) is 28.0 Å². The second-order valence-electron chi connectivity index (χ2n) is 7.47. The molecule has 1 N–H and O–H groups in total. The molecule has 5 rings (SSSR count). The number of hydrogen-bond donors (Lipinski definition) is 1. The molecule has 1 aromatic carbocycles. The van der Waals surface area contributed by atoms with Crippen LogP contribution in [0.5, 0.6) is 0 Å². The molecule has 0 saturated heterocycles. The summed E-state index contributed by atoms with van der Waals surface area (Å²) in [5.74, 6) is 0. The molecule has 30 heavy (non-hydrogen) atoms. The lowest BCUT2D eigenvalue weighted by Gasteiger charge is -2.24. The molecule has 7 heteroatoms. The van der Waals surface area contributed by atoms with Crippen molar-refractivity contribution in [2.75, 3.05) is 0 Å². The van der Waals surface area contributed by atoms with Gasteiger partial charge in [-0.25, -0.2) is 9.20 Å². The van der Waals surface area contributed by atoms with E-state index < -0.39 is 0 Å². The van der Waals surface area contributed by atoms with Crippen molar-refractivity contribution < 1.29 is 5.21 Å². The largest absolute Gasteiger partial charge is 0.411 e. The van der Waals surface area contributed by atoms with Crippen molar-refractivity contribution in [2.24, 2.45) is 5.16 Å². The lowest BCUT2D eigenvalue weighted by molar-refractivity contribution is 0.306. The summed E-state index contributed by atoms with van der Waals surface area (Å²) in [5, 5.41) is 22.4. The van der Waals surface area contributed by atoms with Crippen LogP contribution in [-0.2, 0) is 0 Å². The van der Waals surface area contributed by atoms with Crippen molar-refractivity contribution in [3.63, 3.8) is 0 Å². The number of fused-ring (bicyclic) bond motifs is 1. The van der Waals surface area contributed by atoms with E-state index >= 15 is 0 Å². The van der Waals surface area contributed by atoms with Crippen LogP contribution < -0.4 is 5.56 Å². The molecular weight excluding hydrogens is 378 g/mol. The topological polar surface area (TPSA) is 84.8 Å². The van der Waals surface area contributed by atoms with Crippen LogP contribution in [0.3, 0.4) is 0 Å². The van der Waals surface area contributed by atoms with Gasteiger partial charge in [0.1, 0.15) is 5.69 Å². The Morgan fingerprint density at radius 3 is 2.63 bits per heavy atom. The van der Waals surface area contributed by atoms with Gasteiger partial charge in [0.15, 0.2) is 0 Å². The normalized spacial score (nSPS) is 18.1. The number of hydrogen-bond acceptors (Lipinski definition) is 5. The van der Waals surface area contributed by atoms with Crippen molar-refractivity contribution in [3.8, 4) is 22.5 Å². The number of rotatable bonds is 3. The van der Waals surface area contributed by atoms with Gasteiger partial charge in [0, 0.05) is 17.8 Å². The van der Waals surface area contributed by atoms with Crippen molar-refractivity contribution in [1.82, 2.24) is 19.4 Å². The zero-order valence-electron chi connectivity index (χ0n) is 16.3. The molecule has 3 aromatic heterocycles. The van der Waals surface area contributed by atoms with Crippen LogP contribution in [0.4, 0.5) is 0 Å². The average molecular weight is 399 g/mol. The maximum absolute atomic E-state index is 12.7. The van der Waals surface area contributed by atoms with Crippen LogP contribution in [0.15, 0.2) is 76.8 Å². The summed E-state index contributed by atoms with van der Waals surface area (Å²) in [6.07, 6.45) is 5.23. The number of benzene rings is 1. The zero-order valence-corrected chi connectivity index (χ0v) is 16.3. The van der Waals surface area contributed by atoms with E-state index in [0.717, 1.165) is 41.6 Å². The van der Waals surface area contributed by atoms with Gasteiger partial charge in [-0.3, -0.25) is 4.79 Å². The molecule has 0 aliphatic heterocycles. The minimum Gasteiger partial charge on any atom is -0.411 e. The van der Waals surface area contributed by atoms with Crippen molar-refractivity contribution >= 4 is 11.2 Å². The van der Waals surface area contributed by atoms with Gasteiger partial charge in [-0.15, -0.1) is 0 Å². The molecule has 0 amide bonds. The fourth-order valence-corrected chi connectivity index (χ4v) is 4.19. The Labute approximate surface area is 172 Å². The molecule has 3 heterocycles. The Bertz CT molecular complexity index is 1290. The molecule has 1 atom stereocenters. The van der Waals surface area contributed by atoms with E-state index in [0.29, 0.717) is 17.8 Å². The van der Waals surface area contributed by atoms with E-state index in [1.165, 1.54) is 10.7 Å². The fraction of sp³-hybridized carbons (Fsp3) is 0.217. The minimum atomic E-state index is -0.321. The average Bonchev–Trinajstić information content (AvgIpc) is 3.20. The summed E-state index contributed by atoms with van der Waals surface area (Å²) in [5.41, 5.74) is 4.63. The predicted octanol–water partition coefficient (Wildman–Crippen LogP) is 4.17. The maximum atomic E-state index is 12.7. The first kappa shape index (κ1) is 18.3. The van der Waals surface area contributed by atoms with Gasteiger partial charge in [-0.05, 0) is 37.5 Å². The maximum Gasteiger partial charge on any atom is 0.267 e. The van der Waals surface area contributed by atoms with Crippen LogP contribution in [0.1, 0.15) is 31.7 Å². The first-order chi connectivity index (χ1) is 14.8. The number of aromatic nitrogens is 4. The highest BCUT2D eigenvalue weighted by molar-refractivity contribution is 5.91. The van der Waals surface area contributed by atoms with Crippen LogP contribution in [0.2, 0.25) is 0 Å². The van der Waals surface area contributed by atoms with Crippen molar-refractivity contribution in [2.45, 2.75) is 31.7 Å². The van der Waals surface area contributed by atoms with Gasteiger partial charge < -0.3 is 5.21 Å². The Kier molecular flexibility index (Phi) is 4.63. The van der Waals surface area contributed by atoms with Gasteiger partial charge in [-0.2, -0.15) is 10.2 Å². The standard InChI is InChI=1S/C23H21N5O2/c29-21-14-13-18(24-28(21)19-11-5-4-10-17(19)26-30)22-20-12-6-7-15-27(20)25-23(22)16-8-2-1-3-9-16/h1-3,6-9,12-15,19,30H,4-5,10-11H2/b26-17-. The Hall–Kier alpha value is -3.74. The third kappa shape index (κ3) is 3.08. The molecule has 150 valence electrons. The quantitative estimate of drug-likeness (QED) is 0.414. The summed E-state index contributed by atoms with van der Waals surface area (Å²) in [4.78, 5) is 12.7. The third-order valence-electron chi connectivity index (χ3n) is 5.64. The van der Waals surface area contributed by atoms with Crippen LogP contribution in [0, 0.1) is 0 Å². The highest BCUT2D eigenvalue weighted by Gasteiger charge is 2.26. The predicted molar refractivity (Wildman–Crippen MR) is 115 cm³/mol. The van der Waals surface area contributed by atoms with Crippen molar-refractivity contribution in [1.29, 1.82) is 0 Å². The monoisotopic (exact) mass is 399 g/mol. The molecule has 1 saturated carbocycles. The Morgan fingerprint density at radius 2 is 1.80 bits per heavy atom. The molecule has 0 spiro atoms. The van der Waals surface area contributed by atoms with E-state index in [9.17, 15) is 10.0 Å². The van der Waals surface area contributed by atoms with E-state index in [1.807, 2.05) is 59.2 Å². The fourth-order valence-electron chi connectivity index (χ4n) is 4.19. The lowest BCUT2D eigenvalue weighted by atomic mass is 9.93. The second-order valence-corrected chi connectivity index (χ2v) is 7.47. The lowest BCUT2D eigenvalue weighted by Crippen LogP contribution is -2.33. The first-order valence-electron chi connectivity index (χ1n) is 10.1. The Morgan fingerprint density at radius 1 is 0.967 bits per heavy atom. The summed E-state index contributed by atoms with van der Waals surface area (Å²) in [7, 11) is 0. The molecule has 0 radical (unpaired) electrons. The summed E-state index contributed by atoms with van der Waals surface area (Å²) in [6, 6.07) is 18.8. The highest BCUT2D eigenvalue weighted by Crippen LogP contribution is 2.34. The third-order valence-corrected chi connectivity index (χ3v) is 5.64. The summed E-state index contributed by atoms with van der Waals surface area (Å²) in [6.45, 7) is 0. The van der Waals surface area contributed by atoms with Gasteiger partial charge in [-0.1, -0.05) is 48.0 Å². The number of oxime groups is 1. The molecule has 7 nitrogen and oxygen atoms in total. The minimum absolute atomic E-state index is 0.204. The summed E-state index contributed by atoms with van der Waals surface area (Å²) >= 11 is 0. The molecule has 0 bridgehead atoms. The van der Waals surface area contributed by atoms with Gasteiger partial charge >= 0.3 is 0 Å². The highest BCUT2D eigenvalue weighted by atomic mass is 16.4. The molecule has 1 aliphatic carbocycles. The first-order valence-corrected chi connectivity index (χ1v) is 10.1. The van der Waals surface area contributed by atoms with Gasteiger partial charge in [0.2, 0.25) is 0 Å². The van der Waals surface area contributed by atoms with Gasteiger partial charge in [0.25, 0.3) is 5.56 Å². The summed E-state index contributed by atoms with van der Waals surface area (Å²) < 4.78 is 3.29. The van der Waals surface area contributed by atoms with Crippen LogP contribution in [-0.4, -0.2) is 30.3 Å². The zero-order chi connectivity index (χ0) is 20.5. The molecule has 1 unspecified atom stereocenters. The van der Waals surface area contributed by atoms with Crippen LogP contribution >= 0.6 is 0 Å². The smallest absolute Gasteiger partial charge is 0.267 e. The van der Waals surface area contributed by atoms with E-state index in [1.54, 1.807) is 6.07 Å². The van der Waals surface area contributed by atoms with E-state index in [-0.39, 0.29) is 11.6 Å². The SMILES string of the molecule is O=c1ccc(-c2c(-c3ccccc3)nn3ccccc23)nn1C1CCCC/C1=N/O. The van der Waals surface area contributed by atoms with Gasteiger partial charge in [0.05, 0.1) is 28.5 Å². The number of pyridine rings is 1. The van der Waals surface area contributed by atoms with E-state index in [2.05, 4.69) is 5.16 Å². The molecule has 1 fully saturated rings. The van der Waals surface area contributed by atoms with E-state index in [4.69, 9.17) is 10.2 Å². The second kappa shape index (κ2) is 7.59. The molecule has 4 aromatic rings. The molecule has 1 aliphatic rings. The number of nitrogens with zero attached hydrogens (tertiary/aromatic N) is 5. The molecular formula is C23H21N5O2. The van der Waals surface area contributed by atoms with Crippen molar-refractivity contribution in [3.05, 3.63) is 77.2 Å². The Balaban J connectivity index is 1.73.